The molecule has 1 aromatic carbocycles. The van der Waals surface area contributed by atoms with Crippen LogP contribution in [0.3, 0.4) is 0 Å². The Bertz CT molecular complexity index is 309. The molecule has 1 saturated carbocycles. The van der Waals surface area contributed by atoms with Gasteiger partial charge in [0.05, 0.1) is 18.8 Å². The third-order valence-electron chi connectivity index (χ3n) is 3.03. The third kappa shape index (κ3) is 1.56. The van der Waals surface area contributed by atoms with Crippen molar-refractivity contribution in [1.82, 2.24) is 0 Å². The monoisotopic (exact) mass is 190 g/mol. The van der Waals surface area contributed by atoms with E-state index in [4.69, 9.17) is 9.47 Å². The fourth-order valence-electron chi connectivity index (χ4n) is 2.16. The van der Waals surface area contributed by atoms with Gasteiger partial charge in [0.1, 0.15) is 6.10 Å². The van der Waals surface area contributed by atoms with E-state index in [0.717, 1.165) is 6.61 Å². The van der Waals surface area contributed by atoms with Crippen molar-refractivity contribution >= 4 is 0 Å². The second-order valence-electron chi connectivity index (χ2n) is 4.05. The van der Waals surface area contributed by atoms with Crippen molar-refractivity contribution < 1.29 is 9.47 Å². The maximum absolute atomic E-state index is 5.82. The van der Waals surface area contributed by atoms with E-state index in [1.165, 1.54) is 18.4 Å². The van der Waals surface area contributed by atoms with Crippen LogP contribution in [0.4, 0.5) is 0 Å². The Morgan fingerprint density at radius 2 is 2.07 bits per heavy atom. The minimum Gasteiger partial charge on any atom is -0.371 e. The summed E-state index contributed by atoms with van der Waals surface area (Å²) in [7, 11) is 0. The molecular formula is C12H14O2. The first-order valence-corrected chi connectivity index (χ1v) is 5.24. The van der Waals surface area contributed by atoms with Gasteiger partial charge in [0.15, 0.2) is 0 Å². The highest BCUT2D eigenvalue weighted by atomic mass is 16.6. The third-order valence-corrected chi connectivity index (χ3v) is 3.03. The lowest BCUT2D eigenvalue weighted by Gasteiger charge is -2.11. The molecule has 1 aromatic rings. The molecule has 0 amide bonds. The van der Waals surface area contributed by atoms with E-state index >= 15 is 0 Å². The highest BCUT2D eigenvalue weighted by molar-refractivity contribution is 5.13. The molecule has 0 N–H and O–H groups in total. The molecule has 1 heterocycles. The lowest BCUT2D eigenvalue weighted by Crippen LogP contribution is -2.15. The van der Waals surface area contributed by atoms with Gasteiger partial charge < -0.3 is 9.47 Å². The molecular weight excluding hydrogens is 176 g/mol. The molecule has 3 atom stereocenters. The predicted molar refractivity (Wildman–Crippen MR) is 52.9 cm³/mol. The summed E-state index contributed by atoms with van der Waals surface area (Å²) in [5.41, 5.74) is 1.25. The number of ether oxygens (including phenoxy) is 2. The zero-order chi connectivity index (χ0) is 9.38. The fourth-order valence-corrected chi connectivity index (χ4v) is 2.16. The minimum atomic E-state index is 0.347. The van der Waals surface area contributed by atoms with E-state index in [-0.39, 0.29) is 0 Å². The number of benzene rings is 1. The first-order valence-electron chi connectivity index (χ1n) is 5.24. The van der Waals surface area contributed by atoms with Crippen molar-refractivity contribution in [3.05, 3.63) is 35.9 Å². The van der Waals surface area contributed by atoms with Gasteiger partial charge in [-0.1, -0.05) is 30.3 Å². The summed E-state index contributed by atoms with van der Waals surface area (Å²) in [6.45, 7) is 0.720. The van der Waals surface area contributed by atoms with Crippen LogP contribution in [0, 0.1) is 0 Å². The second-order valence-corrected chi connectivity index (χ2v) is 4.05. The van der Waals surface area contributed by atoms with Crippen LogP contribution in [-0.4, -0.2) is 18.3 Å². The maximum atomic E-state index is 5.82. The van der Waals surface area contributed by atoms with Gasteiger partial charge in [-0.15, -0.1) is 0 Å². The van der Waals surface area contributed by atoms with E-state index in [0.29, 0.717) is 18.3 Å². The standard InChI is InChI=1S/C12H14O2/c1-2-4-9(5-3-1)8-13-10-6-7-11-12(10)14-11/h1-5,10-12H,6-8H2. The van der Waals surface area contributed by atoms with Gasteiger partial charge >= 0.3 is 0 Å². The minimum absolute atomic E-state index is 0.347. The molecule has 2 fully saturated rings. The van der Waals surface area contributed by atoms with Gasteiger partial charge in [-0.25, -0.2) is 0 Å². The van der Waals surface area contributed by atoms with Crippen molar-refractivity contribution in [2.24, 2.45) is 0 Å². The van der Waals surface area contributed by atoms with Crippen molar-refractivity contribution in [2.75, 3.05) is 0 Å². The lowest BCUT2D eigenvalue weighted by atomic mass is 10.2. The predicted octanol–water partition coefficient (Wildman–Crippen LogP) is 2.13. The highest BCUT2D eigenvalue weighted by Gasteiger charge is 2.50. The first-order chi connectivity index (χ1) is 6.93. The smallest absolute Gasteiger partial charge is 0.110 e. The number of fused-ring (bicyclic) bond motifs is 1. The number of rotatable bonds is 3. The molecule has 1 aliphatic heterocycles. The van der Waals surface area contributed by atoms with Crippen LogP contribution in [0.1, 0.15) is 18.4 Å². The number of hydrogen-bond acceptors (Lipinski definition) is 2. The number of hydrogen-bond donors (Lipinski definition) is 0. The van der Waals surface area contributed by atoms with Gasteiger partial charge in [0.2, 0.25) is 0 Å². The average Bonchev–Trinajstić information content (AvgIpc) is 2.92. The van der Waals surface area contributed by atoms with E-state index in [1.807, 2.05) is 18.2 Å². The molecule has 74 valence electrons. The molecule has 1 saturated heterocycles. The van der Waals surface area contributed by atoms with Gasteiger partial charge in [-0.2, -0.15) is 0 Å². The molecule has 0 aromatic heterocycles. The summed E-state index contributed by atoms with van der Waals surface area (Å²) in [4.78, 5) is 0. The van der Waals surface area contributed by atoms with Crippen LogP contribution in [0.15, 0.2) is 30.3 Å². The zero-order valence-electron chi connectivity index (χ0n) is 8.06. The van der Waals surface area contributed by atoms with Gasteiger partial charge in [0.25, 0.3) is 0 Å². The second kappa shape index (κ2) is 3.37. The van der Waals surface area contributed by atoms with Crippen LogP contribution in [0.25, 0.3) is 0 Å². The Morgan fingerprint density at radius 3 is 2.71 bits per heavy atom. The Labute approximate surface area is 83.8 Å². The lowest BCUT2D eigenvalue weighted by molar-refractivity contribution is 0.0160. The van der Waals surface area contributed by atoms with E-state index < -0.39 is 0 Å². The van der Waals surface area contributed by atoms with E-state index in [2.05, 4.69) is 12.1 Å². The van der Waals surface area contributed by atoms with Crippen molar-refractivity contribution in [3.63, 3.8) is 0 Å². The summed E-state index contributed by atoms with van der Waals surface area (Å²) in [5.74, 6) is 0. The van der Waals surface area contributed by atoms with Gasteiger partial charge in [-0.05, 0) is 18.4 Å². The largest absolute Gasteiger partial charge is 0.371 e. The Balaban J connectivity index is 1.54. The highest BCUT2D eigenvalue weighted by Crippen LogP contribution is 2.40. The summed E-state index contributed by atoms with van der Waals surface area (Å²) in [5, 5.41) is 0. The molecule has 2 aliphatic rings. The summed E-state index contributed by atoms with van der Waals surface area (Å²) in [6.07, 6.45) is 3.64. The molecule has 2 nitrogen and oxygen atoms in total. The Hall–Kier alpha value is -0.860. The molecule has 14 heavy (non-hydrogen) atoms. The topological polar surface area (TPSA) is 21.8 Å². The Morgan fingerprint density at radius 1 is 1.21 bits per heavy atom. The van der Waals surface area contributed by atoms with Crippen LogP contribution in [-0.2, 0) is 16.1 Å². The summed E-state index contributed by atoms with van der Waals surface area (Å²) >= 11 is 0. The summed E-state index contributed by atoms with van der Waals surface area (Å²) < 4.78 is 11.2. The molecule has 3 unspecified atom stereocenters. The zero-order valence-corrected chi connectivity index (χ0v) is 8.06. The average molecular weight is 190 g/mol. The summed E-state index contributed by atoms with van der Waals surface area (Å²) in [6, 6.07) is 10.3. The van der Waals surface area contributed by atoms with Crippen LogP contribution < -0.4 is 0 Å². The SMILES string of the molecule is c1ccc(COC2CCC3OC23)cc1. The van der Waals surface area contributed by atoms with Crippen molar-refractivity contribution in [2.45, 2.75) is 37.8 Å². The van der Waals surface area contributed by atoms with Crippen LogP contribution in [0.2, 0.25) is 0 Å². The molecule has 0 spiro atoms. The van der Waals surface area contributed by atoms with Crippen LogP contribution >= 0.6 is 0 Å². The normalized spacial score (nSPS) is 34.1. The quantitative estimate of drug-likeness (QED) is 0.681. The molecule has 2 heteroatoms. The van der Waals surface area contributed by atoms with Crippen LogP contribution in [0.5, 0.6) is 0 Å². The van der Waals surface area contributed by atoms with Crippen molar-refractivity contribution in [3.8, 4) is 0 Å². The van der Waals surface area contributed by atoms with Gasteiger partial charge in [-0.3, -0.25) is 0 Å². The molecule has 3 rings (SSSR count). The molecule has 0 radical (unpaired) electrons. The molecule has 1 aliphatic carbocycles. The van der Waals surface area contributed by atoms with E-state index in [9.17, 15) is 0 Å². The van der Waals surface area contributed by atoms with Gasteiger partial charge in [0, 0.05) is 0 Å². The first kappa shape index (κ1) is 8.45. The Kier molecular flexibility index (Phi) is 2.03. The molecule has 0 bridgehead atoms. The number of epoxide rings is 1. The maximum Gasteiger partial charge on any atom is 0.110 e. The fraction of sp³-hybridized carbons (Fsp3) is 0.500. The van der Waals surface area contributed by atoms with Crippen molar-refractivity contribution in [1.29, 1.82) is 0 Å². The van der Waals surface area contributed by atoms with E-state index in [1.54, 1.807) is 0 Å².